The van der Waals surface area contributed by atoms with Crippen LogP contribution >= 0.6 is 11.8 Å². The highest BCUT2D eigenvalue weighted by molar-refractivity contribution is 6.24. The zero-order valence-electron chi connectivity index (χ0n) is 7.32. The summed E-state index contributed by atoms with van der Waals surface area (Å²) in [5, 5.41) is 5.50. The molecule has 0 atom stereocenters. The third-order valence-electron chi connectivity index (χ3n) is 1.58. The Kier molecular flexibility index (Phi) is 5.13. The van der Waals surface area contributed by atoms with Gasteiger partial charge in [-0.3, -0.25) is 4.84 Å². The molecule has 0 saturated carbocycles. The van der Waals surface area contributed by atoms with Crippen molar-refractivity contribution >= 4 is 24.2 Å². The van der Waals surface area contributed by atoms with Gasteiger partial charge in [0.15, 0.2) is 0 Å². The van der Waals surface area contributed by atoms with Crippen LogP contribution in [0.5, 0.6) is 0 Å². The SMILES string of the molecule is C=N.Cc1cccc(C)c1NCl. The minimum absolute atomic E-state index is 1.02. The third-order valence-corrected chi connectivity index (χ3v) is 1.76. The zero-order chi connectivity index (χ0) is 9.56. The van der Waals surface area contributed by atoms with Crippen LogP contribution in [-0.2, 0) is 0 Å². The van der Waals surface area contributed by atoms with Crippen LogP contribution in [0.15, 0.2) is 18.2 Å². The fourth-order valence-electron chi connectivity index (χ4n) is 0.964. The summed E-state index contributed by atoms with van der Waals surface area (Å²) in [5.41, 5.74) is 3.37. The van der Waals surface area contributed by atoms with Gasteiger partial charge in [0.05, 0.1) is 5.69 Å². The molecule has 0 amide bonds. The Balaban J connectivity index is 0.000000561. The van der Waals surface area contributed by atoms with Gasteiger partial charge in [-0.25, -0.2) is 0 Å². The molecule has 66 valence electrons. The largest absolute Gasteiger partial charge is 0.317 e. The molecule has 0 aliphatic carbocycles. The van der Waals surface area contributed by atoms with E-state index in [2.05, 4.69) is 11.6 Å². The van der Waals surface area contributed by atoms with Crippen LogP contribution in [-0.4, -0.2) is 6.72 Å². The number of para-hydroxylation sites is 1. The monoisotopic (exact) mass is 184 g/mol. The average Bonchev–Trinajstić information content (AvgIpc) is 2.08. The van der Waals surface area contributed by atoms with Crippen molar-refractivity contribution < 1.29 is 0 Å². The molecule has 12 heavy (non-hydrogen) atoms. The highest BCUT2D eigenvalue weighted by Gasteiger charge is 1.97. The Morgan fingerprint density at radius 1 is 1.25 bits per heavy atom. The quantitative estimate of drug-likeness (QED) is 0.511. The number of benzene rings is 1. The van der Waals surface area contributed by atoms with Gasteiger partial charge in [0.2, 0.25) is 0 Å². The number of rotatable bonds is 1. The second-order valence-electron chi connectivity index (χ2n) is 2.36. The average molecular weight is 185 g/mol. The maximum absolute atomic E-state index is 5.50. The molecule has 0 radical (unpaired) electrons. The van der Waals surface area contributed by atoms with Gasteiger partial charge < -0.3 is 5.41 Å². The van der Waals surface area contributed by atoms with E-state index < -0.39 is 0 Å². The van der Waals surface area contributed by atoms with Gasteiger partial charge in [0.25, 0.3) is 0 Å². The maximum Gasteiger partial charge on any atom is 0.0550 e. The van der Waals surface area contributed by atoms with Crippen molar-refractivity contribution in [3.05, 3.63) is 29.3 Å². The van der Waals surface area contributed by atoms with E-state index in [-0.39, 0.29) is 0 Å². The van der Waals surface area contributed by atoms with Crippen molar-refractivity contribution in [2.24, 2.45) is 0 Å². The van der Waals surface area contributed by atoms with Gasteiger partial charge in [-0.05, 0) is 31.7 Å². The summed E-state index contributed by atoms with van der Waals surface area (Å²) in [6.45, 7) is 6.55. The van der Waals surface area contributed by atoms with Crippen molar-refractivity contribution in [2.75, 3.05) is 4.84 Å². The number of aryl methyl sites for hydroxylation is 2. The molecule has 0 spiro atoms. The van der Waals surface area contributed by atoms with Gasteiger partial charge in [0, 0.05) is 11.8 Å². The van der Waals surface area contributed by atoms with E-state index in [0.717, 1.165) is 5.69 Å². The maximum atomic E-state index is 5.50. The normalized spacial score (nSPS) is 8.25. The van der Waals surface area contributed by atoms with Crippen LogP contribution in [0.25, 0.3) is 0 Å². The first-order valence-electron chi connectivity index (χ1n) is 3.54. The zero-order valence-corrected chi connectivity index (χ0v) is 8.07. The summed E-state index contributed by atoms with van der Waals surface area (Å²) < 4.78 is 0. The summed E-state index contributed by atoms with van der Waals surface area (Å²) >= 11 is 5.49. The first kappa shape index (κ1) is 11.0. The van der Waals surface area contributed by atoms with Crippen molar-refractivity contribution in [3.8, 4) is 0 Å². The van der Waals surface area contributed by atoms with Crippen molar-refractivity contribution in [1.29, 1.82) is 5.41 Å². The van der Waals surface area contributed by atoms with Crippen molar-refractivity contribution in [2.45, 2.75) is 13.8 Å². The molecule has 0 heterocycles. The Hall–Kier alpha value is -1.02. The lowest BCUT2D eigenvalue weighted by Gasteiger charge is -2.05. The molecule has 2 nitrogen and oxygen atoms in total. The van der Waals surface area contributed by atoms with E-state index >= 15 is 0 Å². The van der Waals surface area contributed by atoms with Crippen molar-refractivity contribution in [3.63, 3.8) is 0 Å². The van der Waals surface area contributed by atoms with E-state index in [4.69, 9.17) is 17.2 Å². The van der Waals surface area contributed by atoms with Crippen molar-refractivity contribution in [1.82, 2.24) is 0 Å². The summed E-state index contributed by atoms with van der Waals surface area (Å²) in [5.74, 6) is 0. The summed E-state index contributed by atoms with van der Waals surface area (Å²) in [4.78, 5) is 2.64. The van der Waals surface area contributed by atoms with Gasteiger partial charge in [-0.15, -0.1) is 0 Å². The molecule has 0 aliphatic rings. The van der Waals surface area contributed by atoms with Gasteiger partial charge >= 0.3 is 0 Å². The minimum Gasteiger partial charge on any atom is -0.317 e. The van der Waals surface area contributed by atoms with Gasteiger partial charge in [-0.1, -0.05) is 18.2 Å². The Bertz CT molecular complexity index is 228. The van der Waals surface area contributed by atoms with Gasteiger partial charge in [0.1, 0.15) is 0 Å². The molecule has 1 rings (SSSR count). The van der Waals surface area contributed by atoms with Crippen LogP contribution in [0.3, 0.4) is 0 Å². The van der Waals surface area contributed by atoms with Crippen LogP contribution in [0.2, 0.25) is 0 Å². The minimum atomic E-state index is 1.02. The topological polar surface area (TPSA) is 35.9 Å². The lowest BCUT2D eigenvalue weighted by Crippen LogP contribution is -1.88. The summed E-state index contributed by atoms with van der Waals surface area (Å²) in [6.07, 6.45) is 0. The molecular formula is C9H13ClN2. The molecule has 1 aromatic carbocycles. The van der Waals surface area contributed by atoms with Crippen LogP contribution < -0.4 is 4.84 Å². The molecule has 0 aromatic heterocycles. The molecule has 1 aromatic rings. The number of anilines is 1. The van der Waals surface area contributed by atoms with Gasteiger partial charge in [-0.2, -0.15) is 0 Å². The number of halogens is 1. The molecule has 0 unspecified atom stereocenters. The van der Waals surface area contributed by atoms with E-state index in [0.29, 0.717) is 0 Å². The van der Waals surface area contributed by atoms with E-state index in [9.17, 15) is 0 Å². The van der Waals surface area contributed by atoms with E-state index in [1.165, 1.54) is 11.1 Å². The lowest BCUT2D eigenvalue weighted by molar-refractivity contribution is 1.39. The predicted octanol–water partition coefficient (Wildman–Crippen LogP) is 3.13. The smallest absolute Gasteiger partial charge is 0.0550 e. The molecule has 0 fully saturated rings. The van der Waals surface area contributed by atoms with Crippen LogP contribution in [0.1, 0.15) is 11.1 Å². The molecular weight excluding hydrogens is 172 g/mol. The Morgan fingerprint density at radius 3 is 1.92 bits per heavy atom. The molecule has 0 aliphatic heterocycles. The lowest BCUT2D eigenvalue weighted by atomic mass is 10.1. The number of hydrogen-bond acceptors (Lipinski definition) is 2. The standard InChI is InChI=1S/C8H10ClN.CH3N/c1-6-4-3-5-7(2)8(6)10-9;1-2/h3-5,10H,1-2H3;2H,1H2. The highest BCUT2D eigenvalue weighted by Crippen LogP contribution is 2.19. The molecule has 0 saturated heterocycles. The fraction of sp³-hybridized carbons (Fsp3) is 0.222. The highest BCUT2D eigenvalue weighted by atomic mass is 35.5. The third kappa shape index (κ3) is 2.55. The second-order valence-corrected chi connectivity index (χ2v) is 2.55. The van der Waals surface area contributed by atoms with Crippen LogP contribution in [0.4, 0.5) is 5.69 Å². The Labute approximate surface area is 78.2 Å². The van der Waals surface area contributed by atoms with E-state index in [1.54, 1.807) is 0 Å². The molecule has 3 heteroatoms. The Morgan fingerprint density at radius 2 is 1.67 bits per heavy atom. The first-order chi connectivity index (χ1) is 5.75. The first-order valence-corrected chi connectivity index (χ1v) is 3.91. The predicted molar refractivity (Wildman–Crippen MR) is 55.2 cm³/mol. The number of nitrogens with one attached hydrogen (secondary N) is 2. The molecule has 0 bridgehead atoms. The van der Waals surface area contributed by atoms with Crippen LogP contribution in [0, 0.1) is 19.3 Å². The summed E-state index contributed by atoms with van der Waals surface area (Å²) in [6, 6.07) is 6.07. The van der Waals surface area contributed by atoms with E-state index in [1.807, 2.05) is 32.0 Å². The second kappa shape index (κ2) is 5.61. The number of hydrogen-bond donors (Lipinski definition) is 2. The summed E-state index contributed by atoms with van der Waals surface area (Å²) in [7, 11) is 0. The fourth-order valence-corrected chi connectivity index (χ4v) is 1.26. The molecule has 2 N–H and O–H groups in total.